The third-order valence-corrected chi connectivity index (χ3v) is 3.82. The van der Waals surface area contributed by atoms with E-state index in [2.05, 4.69) is 16.0 Å². The molecule has 0 unspecified atom stereocenters. The van der Waals surface area contributed by atoms with E-state index >= 15 is 0 Å². The molecule has 2 aromatic rings. The quantitative estimate of drug-likeness (QED) is 0.799. The molecule has 0 aromatic heterocycles. The van der Waals surface area contributed by atoms with E-state index in [-0.39, 0.29) is 12.3 Å². The molecule has 6 nitrogen and oxygen atoms in total. The number of hydrogen-bond donors (Lipinski definition) is 3. The monoisotopic (exact) mass is 343 g/mol. The lowest BCUT2D eigenvalue weighted by Gasteiger charge is -2.14. The lowest BCUT2D eigenvalue weighted by molar-refractivity contribution is -0.122. The summed E-state index contributed by atoms with van der Waals surface area (Å²) in [5.74, 6) is -1.21. The van der Waals surface area contributed by atoms with Crippen molar-refractivity contribution in [1.82, 2.24) is 5.32 Å². The molecule has 2 aromatic carbocycles. The van der Waals surface area contributed by atoms with Gasteiger partial charge in [0.25, 0.3) is 5.91 Å². The Kier molecular flexibility index (Phi) is 4.48. The number of nitrogens with one attached hydrogen (secondary N) is 3. The number of para-hydroxylation sites is 1. The molecule has 7 heteroatoms. The molecule has 0 saturated carbocycles. The molecule has 0 fully saturated rings. The summed E-state index contributed by atoms with van der Waals surface area (Å²) in [6.07, 6.45) is -0.172. The molecule has 24 heavy (non-hydrogen) atoms. The Balaban J connectivity index is 1.69. The summed E-state index contributed by atoms with van der Waals surface area (Å²) < 4.78 is 0. The van der Waals surface area contributed by atoms with Crippen LogP contribution in [-0.4, -0.2) is 23.8 Å². The molecule has 0 aliphatic carbocycles. The zero-order chi connectivity index (χ0) is 17.1. The summed E-state index contributed by atoms with van der Waals surface area (Å²) in [6, 6.07) is 12.3. The molecule has 0 saturated heterocycles. The summed E-state index contributed by atoms with van der Waals surface area (Å²) >= 11 is 5.79. The predicted molar refractivity (Wildman–Crippen MR) is 91.0 cm³/mol. The highest BCUT2D eigenvalue weighted by molar-refractivity contribution is 6.30. The van der Waals surface area contributed by atoms with Gasteiger partial charge in [0, 0.05) is 10.7 Å². The molecule has 0 radical (unpaired) electrons. The van der Waals surface area contributed by atoms with E-state index < -0.39 is 17.9 Å². The van der Waals surface area contributed by atoms with Gasteiger partial charge >= 0.3 is 0 Å². The topological polar surface area (TPSA) is 87.3 Å². The predicted octanol–water partition coefficient (Wildman–Crippen LogP) is 2.42. The number of hydrogen-bond acceptors (Lipinski definition) is 3. The largest absolute Gasteiger partial charge is 0.340 e. The minimum absolute atomic E-state index is 0.172. The van der Waals surface area contributed by atoms with Crippen molar-refractivity contribution < 1.29 is 14.4 Å². The molecule has 1 heterocycles. The maximum Gasteiger partial charge on any atom is 0.254 e. The van der Waals surface area contributed by atoms with Crippen LogP contribution >= 0.6 is 11.6 Å². The van der Waals surface area contributed by atoms with Crippen LogP contribution in [0.25, 0.3) is 0 Å². The second-order valence-corrected chi connectivity index (χ2v) is 5.76. The van der Waals surface area contributed by atoms with E-state index in [0.717, 1.165) is 0 Å². The van der Waals surface area contributed by atoms with Gasteiger partial charge in [0.15, 0.2) is 0 Å². The molecular weight excluding hydrogens is 330 g/mol. The second kappa shape index (κ2) is 6.72. The van der Waals surface area contributed by atoms with Crippen molar-refractivity contribution in [3.05, 3.63) is 59.1 Å². The van der Waals surface area contributed by atoms with Gasteiger partial charge < -0.3 is 16.0 Å². The third kappa shape index (κ3) is 3.55. The van der Waals surface area contributed by atoms with Gasteiger partial charge in [-0.05, 0) is 36.4 Å². The number of rotatable bonds is 3. The summed E-state index contributed by atoms with van der Waals surface area (Å²) in [7, 11) is 0. The lowest BCUT2D eigenvalue weighted by atomic mass is 10.1. The first kappa shape index (κ1) is 16.0. The normalized spacial score (nSPS) is 16.5. The Morgan fingerprint density at radius 3 is 2.54 bits per heavy atom. The van der Waals surface area contributed by atoms with Crippen molar-refractivity contribution in [2.45, 2.75) is 12.5 Å². The molecule has 1 aliphatic rings. The van der Waals surface area contributed by atoms with Gasteiger partial charge in [-0.2, -0.15) is 0 Å². The zero-order valence-electron chi connectivity index (χ0n) is 12.5. The van der Waals surface area contributed by atoms with Crippen LogP contribution in [0.1, 0.15) is 16.8 Å². The van der Waals surface area contributed by atoms with Crippen LogP contribution in [0.4, 0.5) is 11.4 Å². The minimum atomic E-state index is -0.947. The smallest absolute Gasteiger partial charge is 0.254 e. The van der Waals surface area contributed by atoms with E-state index in [1.54, 1.807) is 48.5 Å². The lowest BCUT2D eigenvalue weighted by Crippen LogP contribution is -2.43. The van der Waals surface area contributed by atoms with Gasteiger partial charge in [0.05, 0.1) is 17.7 Å². The molecule has 0 spiro atoms. The van der Waals surface area contributed by atoms with Crippen LogP contribution in [0.2, 0.25) is 5.02 Å². The number of carbonyl (C=O) groups is 3. The van der Waals surface area contributed by atoms with Gasteiger partial charge in [-0.15, -0.1) is 0 Å². The van der Waals surface area contributed by atoms with Crippen molar-refractivity contribution in [3.63, 3.8) is 0 Å². The minimum Gasteiger partial charge on any atom is -0.340 e. The summed E-state index contributed by atoms with van der Waals surface area (Å²) in [5, 5.41) is 8.46. The van der Waals surface area contributed by atoms with E-state index in [1.165, 1.54) is 0 Å². The highest BCUT2D eigenvalue weighted by Gasteiger charge is 2.29. The summed E-state index contributed by atoms with van der Waals surface area (Å²) in [5.41, 5.74) is 1.36. The number of carbonyl (C=O) groups excluding carboxylic acids is 3. The van der Waals surface area contributed by atoms with Crippen molar-refractivity contribution in [2.24, 2.45) is 0 Å². The SMILES string of the molecule is O=C(C[C@H]1NC(=O)c2ccccc2NC1=O)Nc1ccc(Cl)cc1. The molecule has 3 amide bonds. The van der Waals surface area contributed by atoms with Crippen molar-refractivity contribution in [2.75, 3.05) is 10.6 Å². The fourth-order valence-corrected chi connectivity index (χ4v) is 2.51. The van der Waals surface area contributed by atoms with Crippen LogP contribution in [0.5, 0.6) is 0 Å². The highest BCUT2D eigenvalue weighted by atomic mass is 35.5. The number of fused-ring (bicyclic) bond motifs is 1. The fraction of sp³-hybridized carbons (Fsp3) is 0.118. The van der Waals surface area contributed by atoms with Crippen molar-refractivity contribution in [1.29, 1.82) is 0 Å². The Labute approximate surface area is 143 Å². The molecule has 3 rings (SSSR count). The average Bonchev–Trinajstić information content (AvgIpc) is 2.67. The standard InChI is InChI=1S/C17H14ClN3O3/c18-10-5-7-11(8-6-10)19-15(22)9-14-17(24)20-13-4-2-1-3-12(13)16(23)21-14/h1-8,14H,9H2,(H,19,22)(H,20,24)(H,21,23)/t14-/m1/s1. The van der Waals surface area contributed by atoms with Crippen molar-refractivity contribution in [3.8, 4) is 0 Å². The first-order valence-electron chi connectivity index (χ1n) is 7.29. The van der Waals surface area contributed by atoms with Gasteiger partial charge in [-0.1, -0.05) is 23.7 Å². The van der Waals surface area contributed by atoms with Crippen LogP contribution < -0.4 is 16.0 Å². The Bertz CT molecular complexity index is 805. The highest BCUT2D eigenvalue weighted by Crippen LogP contribution is 2.19. The molecular formula is C17H14ClN3O3. The zero-order valence-corrected chi connectivity index (χ0v) is 13.3. The number of amides is 3. The molecule has 3 N–H and O–H groups in total. The van der Waals surface area contributed by atoms with Crippen LogP contribution in [0.15, 0.2) is 48.5 Å². The maximum absolute atomic E-state index is 12.2. The Morgan fingerprint density at radius 1 is 1.08 bits per heavy atom. The second-order valence-electron chi connectivity index (χ2n) is 5.32. The van der Waals surface area contributed by atoms with E-state index in [0.29, 0.717) is 22.0 Å². The Hall–Kier alpha value is -2.86. The first-order chi connectivity index (χ1) is 11.5. The third-order valence-electron chi connectivity index (χ3n) is 3.57. The van der Waals surface area contributed by atoms with Crippen LogP contribution in [-0.2, 0) is 9.59 Å². The van der Waals surface area contributed by atoms with Crippen molar-refractivity contribution >= 4 is 40.7 Å². The van der Waals surface area contributed by atoms with Gasteiger partial charge in [-0.3, -0.25) is 14.4 Å². The average molecular weight is 344 g/mol. The first-order valence-corrected chi connectivity index (χ1v) is 7.67. The maximum atomic E-state index is 12.2. The fourth-order valence-electron chi connectivity index (χ4n) is 2.39. The van der Waals surface area contributed by atoms with Gasteiger partial charge in [-0.25, -0.2) is 0 Å². The van der Waals surface area contributed by atoms with E-state index in [4.69, 9.17) is 11.6 Å². The molecule has 122 valence electrons. The van der Waals surface area contributed by atoms with E-state index in [1.807, 2.05) is 0 Å². The summed E-state index contributed by atoms with van der Waals surface area (Å²) in [4.78, 5) is 36.5. The van der Waals surface area contributed by atoms with Gasteiger partial charge in [0.2, 0.25) is 11.8 Å². The Morgan fingerprint density at radius 2 is 1.79 bits per heavy atom. The number of benzene rings is 2. The number of halogens is 1. The number of anilines is 2. The molecule has 1 aliphatic heterocycles. The molecule has 0 bridgehead atoms. The molecule has 1 atom stereocenters. The van der Waals surface area contributed by atoms with Crippen LogP contribution in [0.3, 0.4) is 0 Å². The van der Waals surface area contributed by atoms with E-state index in [9.17, 15) is 14.4 Å². The van der Waals surface area contributed by atoms with Crippen LogP contribution in [0, 0.1) is 0 Å². The van der Waals surface area contributed by atoms with Gasteiger partial charge in [0.1, 0.15) is 6.04 Å². The summed E-state index contributed by atoms with van der Waals surface area (Å²) in [6.45, 7) is 0.